The van der Waals surface area contributed by atoms with Crippen LogP contribution in [0.15, 0.2) is 30.7 Å². The molecule has 0 saturated carbocycles. The SMILES string of the molecule is NNc1cc(N2CCn3ccnc3C2)ccn1. The molecule has 0 bridgehead atoms. The Morgan fingerprint density at radius 1 is 1.24 bits per heavy atom. The lowest BCUT2D eigenvalue weighted by atomic mass is 10.3. The minimum atomic E-state index is 0.677. The second-order valence-electron chi connectivity index (χ2n) is 4.00. The highest BCUT2D eigenvalue weighted by molar-refractivity contribution is 5.53. The van der Waals surface area contributed by atoms with Gasteiger partial charge in [-0.2, -0.15) is 0 Å². The molecule has 0 saturated heterocycles. The molecular formula is C11H14N6. The molecule has 0 spiro atoms. The molecule has 0 atom stereocenters. The monoisotopic (exact) mass is 230 g/mol. The fraction of sp³-hybridized carbons (Fsp3) is 0.273. The number of hydrogen-bond donors (Lipinski definition) is 2. The molecule has 3 N–H and O–H groups in total. The van der Waals surface area contributed by atoms with Crippen molar-refractivity contribution in [3.63, 3.8) is 0 Å². The van der Waals surface area contributed by atoms with Crippen LogP contribution >= 0.6 is 0 Å². The third-order valence-electron chi connectivity index (χ3n) is 3.00. The van der Waals surface area contributed by atoms with E-state index in [0.717, 1.165) is 31.1 Å². The smallest absolute Gasteiger partial charge is 0.141 e. The van der Waals surface area contributed by atoms with Crippen LogP contribution in [0, 0.1) is 0 Å². The highest BCUT2D eigenvalue weighted by Crippen LogP contribution is 2.21. The van der Waals surface area contributed by atoms with Crippen LogP contribution in [0.3, 0.4) is 0 Å². The standard InChI is InChI=1S/C11H14N6/c12-15-10-7-9(1-2-13-10)17-6-5-16-4-3-14-11(16)8-17/h1-4,7H,5-6,8,12H2,(H,13,15). The largest absolute Gasteiger partial charge is 0.362 e. The van der Waals surface area contributed by atoms with Gasteiger partial charge in [0.05, 0.1) is 6.54 Å². The fourth-order valence-electron chi connectivity index (χ4n) is 2.09. The van der Waals surface area contributed by atoms with Gasteiger partial charge in [0.15, 0.2) is 0 Å². The zero-order chi connectivity index (χ0) is 11.7. The maximum Gasteiger partial charge on any atom is 0.141 e. The van der Waals surface area contributed by atoms with E-state index in [0.29, 0.717) is 5.82 Å². The van der Waals surface area contributed by atoms with Crippen molar-refractivity contribution in [1.82, 2.24) is 14.5 Å². The molecule has 17 heavy (non-hydrogen) atoms. The van der Waals surface area contributed by atoms with Gasteiger partial charge in [-0.3, -0.25) is 0 Å². The van der Waals surface area contributed by atoms with E-state index in [1.807, 2.05) is 24.5 Å². The summed E-state index contributed by atoms with van der Waals surface area (Å²) >= 11 is 0. The molecule has 2 aromatic heterocycles. The molecule has 1 aliphatic rings. The number of nitrogens with one attached hydrogen (secondary N) is 1. The molecule has 0 amide bonds. The summed E-state index contributed by atoms with van der Waals surface area (Å²) in [7, 11) is 0. The van der Waals surface area contributed by atoms with Gasteiger partial charge in [0.25, 0.3) is 0 Å². The summed E-state index contributed by atoms with van der Waals surface area (Å²) in [5.74, 6) is 7.13. The van der Waals surface area contributed by atoms with Crippen LogP contribution in [-0.2, 0) is 13.1 Å². The highest BCUT2D eigenvalue weighted by Gasteiger charge is 2.16. The van der Waals surface area contributed by atoms with Gasteiger partial charge in [-0.25, -0.2) is 15.8 Å². The summed E-state index contributed by atoms with van der Waals surface area (Å²) in [6.07, 6.45) is 5.62. The van der Waals surface area contributed by atoms with Crippen LogP contribution in [0.25, 0.3) is 0 Å². The van der Waals surface area contributed by atoms with Crippen LogP contribution in [0.2, 0.25) is 0 Å². The number of nitrogen functional groups attached to an aromatic ring is 1. The average Bonchev–Trinajstić information content (AvgIpc) is 2.86. The Morgan fingerprint density at radius 3 is 3.06 bits per heavy atom. The number of aromatic nitrogens is 3. The first kappa shape index (κ1) is 10.1. The van der Waals surface area contributed by atoms with Crippen molar-refractivity contribution >= 4 is 11.5 Å². The van der Waals surface area contributed by atoms with Crippen LogP contribution < -0.4 is 16.2 Å². The quantitative estimate of drug-likeness (QED) is 0.583. The van der Waals surface area contributed by atoms with E-state index in [4.69, 9.17) is 5.84 Å². The normalized spacial score (nSPS) is 14.5. The number of anilines is 2. The van der Waals surface area contributed by atoms with E-state index < -0.39 is 0 Å². The number of rotatable bonds is 2. The van der Waals surface area contributed by atoms with E-state index in [9.17, 15) is 0 Å². The highest BCUT2D eigenvalue weighted by atomic mass is 15.3. The van der Waals surface area contributed by atoms with Crippen molar-refractivity contribution in [3.05, 3.63) is 36.5 Å². The van der Waals surface area contributed by atoms with Gasteiger partial charge >= 0.3 is 0 Å². The summed E-state index contributed by atoms with van der Waals surface area (Å²) in [5.41, 5.74) is 3.68. The summed E-state index contributed by atoms with van der Waals surface area (Å²) in [4.78, 5) is 10.7. The molecule has 3 heterocycles. The predicted octanol–water partition coefficient (Wildman–Crippen LogP) is 0.584. The molecule has 6 nitrogen and oxygen atoms in total. The molecule has 0 fully saturated rings. The van der Waals surface area contributed by atoms with E-state index in [1.165, 1.54) is 0 Å². The summed E-state index contributed by atoms with van der Waals surface area (Å²) in [6.45, 7) is 2.75. The zero-order valence-corrected chi connectivity index (χ0v) is 9.37. The van der Waals surface area contributed by atoms with Gasteiger partial charge in [-0.15, -0.1) is 0 Å². The second kappa shape index (κ2) is 4.06. The Labute approximate surface area is 99.1 Å². The number of imidazole rings is 1. The zero-order valence-electron chi connectivity index (χ0n) is 9.37. The maximum atomic E-state index is 5.36. The first-order valence-electron chi connectivity index (χ1n) is 5.54. The Bertz CT molecular complexity index is 520. The predicted molar refractivity (Wildman–Crippen MR) is 65.3 cm³/mol. The van der Waals surface area contributed by atoms with Gasteiger partial charge in [-0.1, -0.05) is 0 Å². The summed E-state index contributed by atoms with van der Waals surface area (Å²) < 4.78 is 2.18. The lowest BCUT2D eigenvalue weighted by molar-refractivity contribution is 0.560. The molecule has 6 heteroatoms. The van der Waals surface area contributed by atoms with Crippen molar-refractivity contribution in [2.45, 2.75) is 13.1 Å². The maximum absolute atomic E-state index is 5.36. The molecule has 0 aromatic carbocycles. The number of nitrogens with two attached hydrogens (primary N) is 1. The Morgan fingerprint density at radius 2 is 2.18 bits per heavy atom. The topological polar surface area (TPSA) is 72.0 Å². The minimum absolute atomic E-state index is 0.677. The molecule has 0 radical (unpaired) electrons. The summed E-state index contributed by atoms with van der Waals surface area (Å²) in [6, 6.07) is 3.93. The number of hydrazine groups is 1. The van der Waals surface area contributed by atoms with E-state index in [2.05, 4.69) is 24.9 Å². The molecular weight excluding hydrogens is 216 g/mol. The van der Waals surface area contributed by atoms with Gasteiger partial charge in [0, 0.05) is 43.4 Å². The van der Waals surface area contributed by atoms with Crippen molar-refractivity contribution in [2.75, 3.05) is 16.9 Å². The van der Waals surface area contributed by atoms with Gasteiger partial charge in [0.1, 0.15) is 11.6 Å². The van der Waals surface area contributed by atoms with Crippen molar-refractivity contribution in [2.24, 2.45) is 5.84 Å². The minimum Gasteiger partial charge on any atom is -0.362 e. The average molecular weight is 230 g/mol. The molecule has 0 aliphatic carbocycles. The second-order valence-corrected chi connectivity index (χ2v) is 4.00. The molecule has 1 aliphatic heterocycles. The van der Waals surface area contributed by atoms with Gasteiger partial charge in [-0.05, 0) is 6.07 Å². The van der Waals surface area contributed by atoms with Crippen molar-refractivity contribution in [1.29, 1.82) is 0 Å². The van der Waals surface area contributed by atoms with Crippen LogP contribution in [0.5, 0.6) is 0 Å². The molecule has 2 aromatic rings. The number of hydrogen-bond acceptors (Lipinski definition) is 5. The van der Waals surface area contributed by atoms with E-state index >= 15 is 0 Å². The Hall–Kier alpha value is -2.08. The van der Waals surface area contributed by atoms with E-state index in [1.54, 1.807) is 6.20 Å². The van der Waals surface area contributed by atoms with Crippen LogP contribution in [0.4, 0.5) is 11.5 Å². The van der Waals surface area contributed by atoms with Crippen molar-refractivity contribution in [3.8, 4) is 0 Å². The lowest BCUT2D eigenvalue weighted by Gasteiger charge is -2.29. The lowest BCUT2D eigenvalue weighted by Crippen LogP contribution is -2.33. The number of nitrogens with zero attached hydrogens (tertiary/aromatic N) is 4. The Kier molecular flexibility index (Phi) is 2.41. The number of pyridine rings is 1. The van der Waals surface area contributed by atoms with Crippen molar-refractivity contribution < 1.29 is 0 Å². The number of fused-ring (bicyclic) bond motifs is 1. The Balaban J connectivity index is 1.86. The van der Waals surface area contributed by atoms with Gasteiger partial charge < -0.3 is 14.9 Å². The summed E-state index contributed by atoms with van der Waals surface area (Å²) in [5, 5.41) is 0. The van der Waals surface area contributed by atoms with Crippen LogP contribution in [0.1, 0.15) is 5.82 Å². The molecule has 0 unspecified atom stereocenters. The molecule has 88 valence electrons. The van der Waals surface area contributed by atoms with E-state index in [-0.39, 0.29) is 0 Å². The first-order chi connectivity index (χ1) is 8.36. The van der Waals surface area contributed by atoms with Crippen LogP contribution in [-0.4, -0.2) is 21.1 Å². The van der Waals surface area contributed by atoms with Gasteiger partial charge in [0.2, 0.25) is 0 Å². The third kappa shape index (κ3) is 1.83. The molecule has 3 rings (SSSR count). The first-order valence-corrected chi connectivity index (χ1v) is 5.54. The third-order valence-corrected chi connectivity index (χ3v) is 3.00. The fourth-order valence-corrected chi connectivity index (χ4v) is 2.09.